The van der Waals surface area contributed by atoms with Gasteiger partial charge in [-0.25, -0.2) is 9.07 Å². The van der Waals surface area contributed by atoms with Crippen LogP contribution in [0.2, 0.25) is 0 Å². The van der Waals surface area contributed by atoms with Crippen LogP contribution in [0.3, 0.4) is 0 Å². The summed E-state index contributed by atoms with van der Waals surface area (Å²) in [5.74, 6) is -0.589. The lowest BCUT2D eigenvalue weighted by Crippen LogP contribution is -2.23. The van der Waals surface area contributed by atoms with E-state index < -0.39 is 0 Å². The fourth-order valence-corrected chi connectivity index (χ4v) is 6.84. The third-order valence-corrected chi connectivity index (χ3v) is 9.08. The molecule has 1 amide bonds. The van der Waals surface area contributed by atoms with Crippen molar-refractivity contribution < 1.29 is 13.9 Å². The molecule has 2 saturated heterocycles. The summed E-state index contributed by atoms with van der Waals surface area (Å²) in [5, 5.41) is 13.4. The van der Waals surface area contributed by atoms with Crippen molar-refractivity contribution in [2.45, 2.75) is 68.0 Å². The van der Waals surface area contributed by atoms with E-state index in [1.807, 2.05) is 34.6 Å². The first-order valence-corrected chi connectivity index (χ1v) is 16.2. The van der Waals surface area contributed by atoms with Crippen LogP contribution in [0.4, 0.5) is 4.39 Å². The molecule has 2 aliphatic rings. The lowest BCUT2D eigenvalue weighted by Gasteiger charge is -2.23. The number of hydrogen-bond acceptors (Lipinski definition) is 6. The summed E-state index contributed by atoms with van der Waals surface area (Å²) in [7, 11) is 0. The monoisotopic (exact) mass is 602 g/mol. The van der Waals surface area contributed by atoms with Crippen LogP contribution in [-0.4, -0.2) is 63.2 Å². The van der Waals surface area contributed by atoms with Gasteiger partial charge in [0, 0.05) is 46.6 Å². The molecule has 2 aromatic heterocycles. The smallest absolute Gasteiger partial charge is 0.252 e. The number of rotatable bonds is 11. The predicted molar refractivity (Wildman–Crippen MR) is 169 cm³/mol. The molecule has 4 heterocycles. The van der Waals surface area contributed by atoms with E-state index in [2.05, 4.69) is 39.7 Å². The largest absolute Gasteiger partial charge is 0.356 e. The van der Waals surface area contributed by atoms with Crippen molar-refractivity contribution in [2.24, 2.45) is 0 Å². The molecule has 6 rings (SSSR count). The Labute approximate surface area is 256 Å². The van der Waals surface area contributed by atoms with Crippen molar-refractivity contribution >= 4 is 40.7 Å². The molecule has 0 aliphatic carbocycles. The second-order valence-corrected chi connectivity index (χ2v) is 12.3. The van der Waals surface area contributed by atoms with E-state index in [-0.39, 0.29) is 18.0 Å². The third-order valence-electron chi connectivity index (χ3n) is 8.04. The number of benzene rings is 2. The molecule has 8 nitrogen and oxygen atoms in total. The molecule has 2 aromatic carbocycles. The van der Waals surface area contributed by atoms with Gasteiger partial charge >= 0.3 is 0 Å². The molecule has 0 radical (unpaired) electrons. The number of carbonyl (C=O) groups is 1. The molecule has 0 spiro atoms. The van der Waals surface area contributed by atoms with Gasteiger partial charge in [0.15, 0.2) is 6.23 Å². The Hall–Kier alpha value is -3.47. The molecule has 10 heteroatoms. The third kappa shape index (κ3) is 7.20. The van der Waals surface area contributed by atoms with Crippen LogP contribution in [0.15, 0.2) is 58.6 Å². The van der Waals surface area contributed by atoms with Crippen LogP contribution in [0.25, 0.3) is 23.1 Å². The van der Waals surface area contributed by atoms with Crippen molar-refractivity contribution in [2.75, 3.05) is 32.8 Å². The highest BCUT2D eigenvalue weighted by atomic mass is 32.2. The Morgan fingerprint density at radius 1 is 1.12 bits per heavy atom. The topological polar surface area (TPSA) is 77.2 Å². The van der Waals surface area contributed by atoms with Crippen LogP contribution in [0.5, 0.6) is 0 Å². The molecular formula is C33H39FN6O2S. The number of carbonyl (C=O) groups excluding carboxylic acids is 1. The van der Waals surface area contributed by atoms with E-state index in [9.17, 15) is 9.18 Å². The summed E-state index contributed by atoms with van der Waals surface area (Å²) in [6.45, 7) is 7.57. The van der Waals surface area contributed by atoms with E-state index in [1.54, 1.807) is 6.07 Å². The number of likely N-dealkylation sites (tertiary alicyclic amines) is 1. The van der Waals surface area contributed by atoms with Crippen molar-refractivity contribution in [3.63, 3.8) is 0 Å². The van der Waals surface area contributed by atoms with Gasteiger partial charge < -0.3 is 15.0 Å². The lowest BCUT2D eigenvalue weighted by molar-refractivity contribution is -0.0367. The van der Waals surface area contributed by atoms with Gasteiger partial charge in [-0.2, -0.15) is 10.2 Å². The maximum Gasteiger partial charge on any atom is 0.252 e. The first-order chi connectivity index (χ1) is 21.1. The molecule has 43 heavy (non-hydrogen) atoms. The maximum atomic E-state index is 14.2. The second kappa shape index (κ2) is 13.9. The van der Waals surface area contributed by atoms with Crippen molar-refractivity contribution in [1.29, 1.82) is 0 Å². The van der Waals surface area contributed by atoms with Crippen LogP contribution in [0, 0.1) is 5.82 Å². The van der Waals surface area contributed by atoms with Gasteiger partial charge in [-0.05, 0) is 114 Å². The standard InChI is InChI=1S/C33H39FN6O2S/c1-2-35-33(41)28-12-10-25(34)20-31(28)43-26-11-13-27-29(37-40(30(27)21-26)32-8-3-6-19-42-32)14-9-24-22-36-39(23-24)18-7-17-38-15-4-5-16-38/h9-14,20-23,32H,2-8,15-19H2,1H3,(H,35,41)/b14-9+. The average Bonchev–Trinajstić information content (AvgIpc) is 3.78. The van der Waals surface area contributed by atoms with Crippen LogP contribution in [0.1, 0.15) is 73.3 Å². The Morgan fingerprint density at radius 2 is 2.00 bits per heavy atom. The molecule has 2 aliphatic heterocycles. The van der Waals surface area contributed by atoms with E-state index in [0.717, 1.165) is 65.8 Å². The molecule has 0 saturated carbocycles. The lowest BCUT2D eigenvalue weighted by atomic mass is 10.1. The van der Waals surface area contributed by atoms with E-state index in [0.29, 0.717) is 23.6 Å². The fraction of sp³-hybridized carbons (Fsp3) is 0.424. The number of aryl methyl sites for hydroxylation is 1. The van der Waals surface area contributed by atoms with E-state index >= 15 is 0 Å². The van der Waals surface area contributed by atoms with Gasteiger partial charge in [-0.15, -0.1) is 0 Å². The highest BCUT2D eigenvalue weighted by molar-refractivity contribution is 7.99. The van der Waals surface area contributed by atoms with Crippen molar-refractivity contribution in [3.8, 4) is 0 Å². The summed E-state index contributed by atoms with van der Waals surface area (Å²) in [6, 6.07) is 10.4. The summed E-state index contributed by atoms with van der Waals surface area (Å²) >= 11 is 1.37. The molecular weight excluding hydrogens is 563 g/mol. The molecule has 4 aromatic rings. The fourth-order valence-electron chi connectivity index (χ4n) is 5.84. The van der Waals surface area contributed by atoms with Gasteiger partial charge in [0.1, 0.15) is 5.82 Å². The minimum Gasteiger partial charge on any atom is -0.356 e. The van der Waals surface area contributed by atoms with Gasteiger partial charge in [0.2, 0.25) is 0 Å². The zero-order chi connectivity index (χ0) is 29.6. The molecule has 1 unspecified atom stereocenters. The molecule has 2 fully saturated rings. The number of amides is 1. The quantitative estimate of drug-likeness (QED) is 0.208. The Balaban J connectivity index is 1.24. The maximum absolute atomic E-state index is 14.2. The van der Waals surface area contributed by atoms with Crippen LogP contribution >= 0.6 is 11.8 Å². The molecule has 1 atom stereocenters. The Morgan fingerprint density at radius 3 is 2.81 bits per heavy atom. The number of hydrogen-bond donors (Lipinski definition) is 1. The van der Waals surface area contributed by atoms with E-state index in [1.165, 1.54) is 49.8 Å². The number of halogens is 1. The Kier molecular flexibility index (Phi) is 9.55. The summed E-state index contributed by atoms with van der Waals surface area (Å²) in [5.41, 5.74) is 3.30. The van der Waals surface area contributed by atoms with Crippen LogP contribution in [-0.2, 0) is 11.3 Å². The predicted octanol–water partition coefficient (Wildman–Crippen LogP) is 6.63. The second-order valence-electron chi connectivity index (χ2n) is 11.2. The number of ether oxygens (including phenoxy) is 1. The zero-order valence-corrected chi connectivity index (χ0v) is 25.5. The summed E-state index contributed by atoms with van der Waals surface area (Å²) in [6.07, 6.45) is 14.7. The highest BCUT2D eigenvalue weighted by Crippen LogP contribution is 2.36. The van der Waals surface area contributed by atoms with Gasteiger partial charge in [0.05, 0.1) is 23.0 Å². The summed E-state index contributed by atoms with van der Waals surface area (Å²) < 4.78 is 24.4. The number of aromatic nitrogens is 4. The van der Waals surface area contributed by atoms with Gasteiger partial charge in [-0.3, -0.25) is 9.48 Å². The highest BCUT2D eigenvalue weighted by Gasteiger charge is 2.21. The van der Waals surface area contributed by atoms with Crippen LogP contribution < -0.4 is 5.32 Å². The first-order valence-electron chi connectivity index (χ1n) is 15.4. The minimum atomic E-state index is -0.375. The number of fused-ring (bicyclic) bond motifs is 1. The SMILES string of the molecule is CCNC(=O)c1ccc(F)cc1Sc1ccc2c(/C=C/c3cnn(CCCN4CCCC4)c3)nn(C3CCCCO3)c2c1. The molecule has 0 bridgehead atoms. The Bertz CT molecular complexity index is 1590. The average molecular weight is 603 g/mol. The van der Waals surface area contributed by atoms with Crippen molar-refractivity contribution in [1.82, 2.24) is 29.8 Å². The number of nitrogens with zero attached hydrogens (tertiary/aromatic N) is 5. The molecule has 1 N–H and O–H groups in total. The van der Waals surface area contributed by atoms with Gasteiger partial charge in [0.25, 0.3) is 5.91 Å². The first kappa shape index (κ1) is 29.6. The van der Waals surface area contributed by atoms with Crippen molar-refractivity contribution in [3.05, 3.63) is 71.4 Å². The molecule has 226 valence electrons. The van der Waals surface area contributed by atoms with E-state index in [4.69, 9.17) is 9.84 Å². The number of nitrogens with one attached hydrogen (secondary N) is 1. The zero-order valence-electron chi connectivity index (χ0n) is 24.7. The van der Waals surface area contributed by atoms with Gasteiger partial charge in [-0.1, -0.05) is 11.8 Å². The normalized spacial score (nSPS) is 17.8. The minimum absolute atomic E-state index is 0.142. The summed E-state index contributed by atoms with van der Waals surface area (Å²) in [4.78, 5) is 16.6.